The Kier molecular flexibility index (Phi) is 3.90. The lowest BCUT2D eigenvalue weighted by molar-refractivity contribution is 0.00578. The summed E-state index contributed by atoms with van der Waals surface area (Å²) in [7, 11) is 0.791. The Labute approximate surface area is 124 Å². The summed E-state index contributed by atoms with van der Waals surface area (Å²) < 4.78 is 11.8. The summed E-state index contributed by atoms with van der Waals surface area (Å²) in [4.78, 5) is 27.1. The van der Waals surface area contributed by atoms with Gasteiger partial charge in [0.25, 0.3) is 5.91 Å². The van der Waals surface area contributed by atoms with Crippen LogP contribution in [-0.4, -0.2) is 42.5 Å². The molecule has 0 saturated carbocycles. The number of carbonyl (C=O) groups excluding carboxylic acids is 2. The van der Waals surface area contributed by atoms with Gasteiger partial charge in [-0.15, -0.1) is 0 Å². The second kappa shape index (κ2) is 5.24. The first-order chi connectivity index (χ1) is 9.71. The van der Waals surface area contributed by atoms with Crippen molar-refractivity contribution in [1.82, 2.24) is 10.3 Å². The van der Waals surface area contributed by atoms with Crippen LogP contribution < -0.4 is 10.9 Å². The monoisotopic (exact) mass is 290 g/mol. The van der Waals surface area contributed by atoms with Crippen molar-refractivity contribution < 1.29 is 18.9 Å². The molecule has 0 aromatic carbocycles. The minimum Gasteiger partial charge on any atom is -0.398 e. The van der Waals surface area contributed by atoms with Gasteiger partial charge in [0.2, 0.25) is 0 Å². The average Bonchev–Trinajstić information content (AvgIpc) is 2.65. The Balaban J connectivity index is 2.38. The zero-order valence-corrected chi connectivity index (χ0v) is 12.9. The predicted molar refractivity (Wildman–Crippen MR) is 78.7 cm³/mol. The number of amides is 1. The van der Waals surface area contributed by atoms with Crippen LogP contribution in [0.3, 0.4) is 0 Å². The molecule has 0 atom stereocenters. The van der Waals surface area contributed by atoms with Gasteiger partial charge in [0.05, 0.1) is 22.4 Å². The highest BCUT2D eigenvalue weighted by molar-refractivity contribution is 6.62. The quantitative estimate of drug-likeness (QED) is 0.650. The Morgan fingerprint density at radius 2 is 1.86 bits per heavy atom. The highest BCUT2D eigenvalue weighted by atomic mass is 16.7. The lowest BCUT2D eigenvalue weighted by Crippen LogP contribution is -2.41. The molecule has 0 radical (unpaired) electrons. The molecule has 0 spiro atoms. The Morgan fingerprint density at radius 3 is 2.33 bits per heavy atom. The molecule has 0 unspecified atom stereocenters. The Morgan fingerprint density at radius 1 is 1.29 bits per heavy atom. The van der Waals surface area contributed by atoms with Crippen molar-refractivity contribution in [1.29, 1.82) is 0 Å². The van der Waals surface area contributed by atoms with E-state index < -0.39 is 18.3 Å². The predicted octanol–water partition coefficient (Wildman–Crippen LogP) is 0.553. The van der Waals surface area contributed by atoms with E-state index >= 15 is 0 Å². The van der Waals surface area contributed by atoms with E-state index in [-0.39, 0.29) is 11.5 Å². The first-order valence-corrected chi connectivity index (χ1v) is 6.74. The maximum Gasteiger partial charge on any atom is 0.515 e. The fraction of sp³-hybridized carbons (Fsp3) is 0.500. The lowest BCUT2D eigenvalue weighted by atomic mass is 9.81. The molecule has 1 fully saturated rings. The van der Waals surface area contributed by atoms with Gasteiger partial charge in [0.1, 0.15) is 0 Å². The first kappa shape index (κ1) is 15.7. The fourth-order valence-corrected chi connectivity index (χ4v) is 2.01. The Bertz CT molecular complexity index is 570. The summed E-state index contributed by atoms with van der Waals surface area (Å²) in [5, 5.41) is 2.49. The van der Waals surface area contributed by atoms with Gasteiger partial charge in [-0.2, -0.15) is 0 Å². The molecule has 1 aliphatic heterocycles. The molecule has 1 aliphatic rings. The van der Waals surface area contributed by atoms with E-state index in [1.165, 1.54) is 19.3 Å². The summed E-state index contributed by atoms with van der Waals surface area (Å²) in [6, 6.07) is 1.49. The average molecular weight is 290 g/mol. The Hall–Kier alpha value is -1.73. The van der Waals surface area contributed by atoms with Crippen LogP contribution in [0.2, 0.25) is 0 Å². The van der Waals surface area contributed by atoms with Crippen molar-refractivity contribution in [2.45, 2.75) is 38.9 Å². The molecule has 0 bridgehead atoms. The van der Waals surface area contributed by atoms with Gasteiger partial charge < -0.3 is 14.6 Å². The van der Waals surface area contributed by atoms with Crippen LogP contribution >= 0.6 is 0 Å². The largest absolute Gasteiger partial charge is 0.515 e. The molecule has 0 aliphatic carbocycles. The maximum absolute atomic E-state index is 11.6. The molecule has 1 saturated heterocycles. The van der Waals surface area contributed by atoms with Crippen molar-refractivity contribution in [2.24, 2.45) is 0 Å². The molecule has 112 valence electrons. The molecule has 1 amide bonds. The van der Waals surface area contributed by atoms with Crippen LogP contribution in [0.25, 0.3) is 0 Å². The van der Waals surface area contributed by atoms with Crippen LogP contribution in [0, 0.1) is 0 Å². The SMILES string of the molecule is CNC(=O)c1cnc(B2OC(C)(C)C(C)(C)O2)c(C=O)c1. The van der Waals surface area contributed by atoms with E-state index in [1.54, 1.807) is 0 Å². The summed E-state index contributed by atoms with van der Waals surface area (Å²) in [6.07, 6.45) is 2.06. The second-order valence-electron chi connectivity index (χ2n) is 5.98. The third-order valence-electron chi connectivity index (χ3n) is 4.04. The molecule has 2 heterocycles. The summed E-state index contributed by atoms with van der Waals surface area (Å²) in [5.41, 5.74) is -0.0384. The molecule has 6 nitrogen and oxygen atoms in total. The minimum absolute atomic E-state index is 0.287. The van der Waals surface area contributed by atoms with Gasteiger partial charge in [-0.3, -0.25) is 14.6 Å². The number of aldehydes is 1. The highest BCUT2D eigenvalue weighted by Gasteiger charge is 2.52. The topological polar surface area (TPSA) is 77.5 Å². The smallest absolute Gasteiger partial charge is 0.398 e. The van der Waals surface area contributed by atoms with E-state index in [0.717, 1.165) is 0 Å². The van der Waals surface area contributed by atoms with E-state index in [4.69, 9.17) is 9.31 Å². The number of nitrogens with zero attached hydrogens (tertiary/aromatic N) is 1. The summed E-state index contributed by atoms with van der Waals surface area (Å²) >= 11 is 0. The molecule has 21 heavy (non-hydrogen) atoms. The molecule has 1 N–H and O–H groups in total. The van der Waals surface area contributed by atoms with Gasteiger partial charge >= 0.3 is 7.12 Å². The standard InChI is InChI=1S/C14H19BN2O4/c1-13(2)14(3,4)21-15(20-13)11-10(8-18)6-9(7-17-11)12(19)16-5/h6-8H,1-5H3,(H,16,19). The van der Waals surface area contributed by atoms with Crippen LogP contribution in [0.1, 0.15) is 48.4 Å². The van der Waals surface area contributed by atoms with Crippen molar-refractivity contribution in [3.63, 3.8) is 0 Å². The third kappa shape index (κ3) is 2.71. The number of hydrogen-bond donors (Lipinski definition) is 1. The number of nitrogens with one attached hydrogen (secondary N) is 1. The van der Waals surface area contributed by atoms with Crippen LogP contribution in [-0.2, 0) is 9.31 Å². The van der Waals surface area contributed by atoms with E-state index in [2.05, 4.69) is 10.3 Å². The lowest BCUT2D eigenvalue weighted by Gasteiger charge is -2.32. The van der Waals surface area contributed by atoms with Crippen LogP contribution in [0.5, 0.6) is 0 Å². The van der Waals surface area contributed by atoms with Gasteiger partial charge in [0.15, 0.2) is 6.29 Å². The van der Waals surface area contributed by atoms with Crippen molar-refractivity contribution in [2.75, 3.05) is 7.05 Å². The summed E-state index contributed by atoms with van der Waals surface area (Å²) in [6.45, 7) is 7.69. The third-order valence-corrected chi connectivity index (χ3v) is 4.04. The van der Waals surface area contributed by atoms with Gasteiger partial charge in [-0.1, -0.05) is 0 Å². The molecule has 1 aromatic heterocycles. The summed E-state index contributed by atoms with van der Waals surface area (Å²) in [5.74, 6) is -0.300. The number of carbonyl (C=O) groups is 2. The molecule has 2 rings (SSSR count). The van der Waals surface area contributed by atoms with Crippen molar-refractivity contribution in [3.05, 3.63) is 23.4 Å². The van der Waals surface area contributed by atoms with Gasteiger partial charge in [-0.25, -0.2) is 0 Å². The second-order valence-corrected chi connectivity index (χ2v) is 5.98. The first-order valence-electron chi connectivity index (χ1n) is 6.74. The van der Waals surface area contributed by atoms with Crippen LogP contribution in [0.15, 0.2) is 12.3 Å². The molecular formula is C14H19BN2O4. The van der Waals surface area contributed by atoms with Crippen molar-refractivity contribution >= 4 is 24.9 Å². The normalized spacial score (nSPS) is 19.4. The molecular weight excluding hydrogens is 271 g/mol. The minimum atomic E-state index is -0.728. The molecule has 1 aromatic rings. The van der Waals surface area contributed by atoms with E-state index in [9.17, 15) is 9.59 Å². The zero-order chi connectivity index (χ0) is 15.8. The number of pyridine rings is 1. The fourth-order valence-electron chi connectivity index (χ4n) is 2.01. The number of hydrogen-bond acceptors (Lipinski definition) is 5. The van der Waals surface area contributed by atoms with E-state index in [0.29, 0.717) is 17.4 Å². The van der Waals surface area contributed by atoms with Crippen LogP contribution in [0.4, 0.5) is 0 Å². The highest BCUT2D eigenvalue weighted by Crippen LogP contribution is 2.36. The van der Waals surface area contributed by atoms with Gasteiger partial charge in [0, 0.05) is 18.8 Å². The van der Waals surface area contributed by atoms with E-state index in [1.807, 2.05) is 27.7 Å². The number of aromatic nitrogens is 1. The molecule has 7 heteroatoms. The van der Waals surface area contributed by atoms with Crippen molar-refractivity contribution in [3.8, 4) is 0 Å². The van der Waals surface area contributed by atoms with Gasteiger partial charge in [-0.05, 0) is 33.8 Å². The zero-order valence-electron chi connectivity index (χ0n) is 12.9. The number of rotatable bonds is 3. The maximum atomic E-state index is 11.6.